The second-order valence-corrected chi connectivity index (χ2v) is 5.65. The Morgan fingerprint density at radius 3 is 2.94 bits per heavy atom. The SMILES string of the molecule is CC1CCCC(N(C)c2snc(N)c2C#N)C1. The van der Waals surface area contributed by atoms with Crippen molar-refractivity contribution in [2.45, 2.75) is 38.6 Å². The van der Waals surface area contributed by atoms with E-state index in [9.17, 15) is 0 Å². The predicted octanol–water partition coefficient (Wildman–Crippen LogP) is 2.61. The molecule has 92 valence electrons. The van der Waals surface area contributed by atoms with Crippen LogP contribution in [0.2, 0.25) is 0 Å². The van der Waals surface area contributed by atoms with Gasteiger partial charge in [-0.2, -0.15) is 9.64 Å². The average molecular weight is 250 g/mol. The average Bonchev–Trinajstić information content (AvgIpc) is 2.69. The molecule has 0 saturated heterocycles. The second kappa shape index (κ2) is 4.92. The maximum Gasteiger partial charge on any atom is 0.157 e. The van der Waals surface area contributed by atoms with Crippen LogP contribution in [-0.4, -0.2) is 17.5 Å². The number of nitriles is 1. The molecule has 1 aliphatic rings. The van der Waals surface area contributed by atoms with Gasteiger partial charge in [0.05, 0.1) is 0 Å². The third-order valence-corrected chi connectivity index (χ3v) is 4.54. The smallest absolute Gasteiger partial charge is 0.157 e. The Morgan fingerprint density at radius 2 is 2.29 bits per heavy atom. The summed E-state index contributed by atoms with van der Waals surface area (Å²) in [7, 11) is 2.05. The largest absolute Gasteiger partial charge is 0.382 e. The van der Waals surface area contributed by atoms with Crippen molar-refractivity contribution in [2.75, 3.05) is 17.7 Å². The third kappa shape index (κ3) is 2.37. The van der Waals surface area contributed by atoms with Crippen LogP contribution >= 0.6 is 11.5 Å². The fourth-order valence-electron chi connectivity index (χ4n) is 2.56. The van der Waals surface area contributed by atoms with Gasteiger partial charge in [-0.15, -0.1) is 0 Å². The lowest BCUT2D eigenvalue weighted by Gasteiger charge is -2.34. The molecular formula is C12H18N4S. The van der Waals surface area contributed by atoms with Gasteiger partial charge < -0.3 is 10.6 Å². The van der Waals surface area contributed by atoms with Crippen molar-refractivity contribution in [1.82, 2.24) is 4.37 Å². The van der Waals surface area contributed by atoms with Crippen LogP contribution in [-0.2, 0) is 0 Å². The molecule has 2 N–H and O–H groups in total. The van der Waals surface area contributed by atoms with Crippen LogP contribution in [0.25, 0.3) is 0 Å². The van der Waals surface area contributed by atoms with Gasteiger partial charge in [-0.1, -0.05) is 19.8 Å². The Balaban J connectivity index is 2.19. The maximum absolute atomic E-state index is 9.10. The Kier molecular flexibility index (Phi) is 3.53. The normalized spacial score (nSPS) is 24.3. The lowest BCUT2D eigenvalue weighted by Crippen LogP contribution is -2.35. The summed E-state index contributed by atoms with van der Waals surface area (Å²) in [6.45, 7) is 2.30. The van der Waals surface area contributed by atoms with Crippen LogP contribution in [0.15, 0.2) is 0 Å². The minimum absolute atomic E-state index is 0.364. The zero-order chi connectivity index (χ0) is 12.4. The lowest BCUT2D eigenvalue weighted by atomic mass is 9.86. The fourth-order valence-corrected chi connectivity index (χ4v) is 3.35. The van der Waals surface area contributed by atoms with E-state index >= 15 is 0 Å². The molecule has 0 bridgehead atoms. The van der Waals surface area contributed by atoms with Crippen LogP contribution in [0.3, 0.4) is 0 Å². The zero-order valence-electron chi connectivity index (χ0n) is 10.3. The molecule has 5 heteroatoms. The molecule has 0 aliphatic heterocycles. The molecule has 1 aromatic heterocycles. The molecule has 2 rings (SSSR count). The summed E-state index contributed by atoms with van der Waals surface area (Å²) < 4.78 is 4.08. The molecule has 2 unspecified atom stereocenters. The lowest BCUT2D eigenvalue weighted by molar-refractivity contribution is 0.337. The van der Waals surface area contributed by atoms with Crippen LogP contribution in [0, 0.1) is 17.2 Å². The van der Waals surface area contributed by atoms with E-state index in [0.717, 1.165) is 10.9 Å². The highest BCUT2D eigenvalue weighted by Gasteiger charge is 2.26. The Bertz CT molecular complexity index is 434. The number of hydrogen-bond acceptors (Lipinski definition) is 5. The first-order chi connectivity index (χ1) is 8.13. The molecule has 1 aliphatic carbocycles. The zero-order valence-corrected chi connectivity index (χ0v) is 11.1. The van der Waals surface area contributed by atoms with Crippen molar-refractivity contribution < 1.29 is 0 Å². The van der Waals surface area contributed by atoms with Crippen molar-refractivity contribution in [2.24, 2.45) is 5.92 Å². The van der Waals surface area contributed by atoms with Crippen molar-refractivity contribution in [1.29, 1.82) is 5.26 Å². The number of nitrogen functional groups attached to an aromatic ring is 1. The number of aromatic nitrogens is 1. The molecule has 0 spiro atoms. The molecule has 17 heavy (non-hydrogen) atoms. The van der Waals surface area contributed by atoms with E-state index in [1.807, 2.05) is 0 Å². The van der Waals surface area contributed by atoms with Gasteiger partial charge in [0.25, 0.3) is 0 Å². The van der Waals surface area contributed by atoms with Gasteiger partial charge in [-0.25, -0.2) is 0 Å². The summed E-state index contributed by atoms with van der Waals surface area (Å²) in [5.74, 6) is 1.13. The highest BCUT2D eigenvalue weighted by atomic mass is 32.1. The standard InChI is InChI=1S/C12H18N4S/c1-8-4-3-5-9(6-8)16(2)12-10(7-13)11(14)15-17-12/h8-9H,3-6H2,1-2H3,(H2,14,15). The first kappa shape index (κ1) is 12.2. The van der Waals surface area contributed by atoms with Crippen molar-refractivity contribution in [3.05, 3.63) is 5.56 Å². The first-order valence-electron chi connectivity index (χ1n) is 6.01. The molecule has 1 aromatic rings. The van der Waals surface area contributed by atoms with Gasteiger partial charge >= 0.3 is 0 Å². The van der Waals surface area contributed by atoms with E-state index in [1.165, 1.54) is 37.2 Å². The molecule has 0 aromatic carbocycles. The van der Waals surface area contributed by atoms with Crippen LogP contribution in [0.4, 0.5) is 10.8 Å². The minimum Gasteiger partial charge on any atom is -0.382 e. The quantitative estimate of drug-likeness (QED) is 0.876. The first-order valence-corrected chi connectivity index (χ1v) is 6.79. The van der Waals surface area contributed by atoms with Gasteiger partial charge in [-0.3, -0.25) is 0 Å². The van der Waals surface area contributed by atoms with E-state index < -0.39 is 0 Å². The number of anilines is 2. The highest BCUT2D eigenvalue weighted by Crippen LogP contribution is 2.35. The van der Waals surface area contributed by atoms with E-state index in [0.29, 0.717) is 17.4 Å². The number of nitrogens with zero attached hydrogens (tertiary/aromatic N) is 3. The minimum atomic E-state index is 0.364. The number of rotatable bonds is 2. The van der Waals surface area contributed by atoms with Crippen LogP contribution < -0.4 is 10.6 Å². The maximum atomic E-state index is 9.10. The van der Waals surface area contributed by atoms with Crippen molar-refractivity contribution in [3.63, 3.8) is 0 Å². The Labute approximate surface area is 106 Å². The van der Waals surface area contributed by atoms with E-state index in [-0.39, 0.29) is 0 Å². The van der Waals surface area contributed by atoms with Gasteiger partial charge in [0.2, 0.25) is 0 Å². The Morgan fingerprint density at radius 1 is 1.53 bits per heavy atom. The predicted molar refractivity (Wildman–Crippen MR) is 71.1 cm³/mol. The molecule has 1 heterocycles. The van der Waals surface area contributed by atoms with E-state index in [2.05, 4.69) is 29.3 Å². The van der Waals surface area contributed by atoms with Gasteiger partial charge in [0, 0.05) is 13.1 Å². The van der Waals surface area contributed by atoms with Crippen LogP contribution in [0.5, 0.6) is 0 Å². The van der Waals surface area contributed by atoms with Crippen LogP contribution in [0.1, 0.15) is 38.2 Å². The fraction of sp³-hybridized carbons (Fsp3) is 0.667. The number of hydrogen-bond donors (Lipinski definition) is 1. The highest BCUT2D eigenvalue weighted by molar-refractivity contribution is 7.10. The second-order valence-electron chi connectivity index (χ2n) is 4.90. The van der Waals surface area contributed by atoms with E-state index in [1.54, 1.807) is 0 Å². The van der Waals surface area contributed by atoms with Crippen molar-refractivity contribution >= 4 is 22.4 Å². The summed E-state index contributed by atoms with van der Waals surface area (Å²) in [6.07, 6.45) is 4.98. The van der Waals surface area contributed by atoms with Crippen molar-refractivity contribution in [3.8, 4) is 6.07 Å². The summed E-state index contributed by atoms with van der Waals surface area (Å²) in [5.41, 5.74) is 6.23. The summed E-state index contributed by atoms with van der Waals surface area (Å²) in [4.78, 5) is 2.20. The van der Waals surface area contributed by atoms with Gasteiger partial charge in [-0.05, 0) is 30.3 Å². The monoisotopic (exact) mass is 250 g/mol. The molecule has 1 fully saturated rings. The molecule has 1 saturated carbocycles. The van der Waals surface area contributed by atoms with Gasteiger partial charge in [0.1, 0.15) is 16.6 Å². The number of nitrogens with two attached hydrogens (primary N) is 1. The third-order valence-electron chi connectivity index (χ3n) is 3.59. The van der Waals surface area contributed by atoms with Gasteiger partial charge in [0.15, 0.2) is 5.82 Å². The summed E-state index contributed by atoms with van der Waals surface area (Å²) in [6, 6.07) is 2.68. The summed E-state index contributed by atoms with van der Waals surface area (Å²) >= 11 is 1.33. The topological polar surface area (TPSA) is 65.9 Å². The summed E-state index contributed by atoms with van der Waals surface area (Å²) in [5, 5.41) is 10.0. The molecule has 4 nitrogen and oxygen atoms in total. The van der Waals surface area contributed by atoms with E-state index in [4.69, 9.17) is 11.0 Å². The molecule has 2 atom stereocenters. The molecular weight excluding hydrogens is 232 g/mol. The molecule has 0 radical (unpaired) electrons. The molecule has 0 amide bonds. The Hall–Kier alpha value is -1.28.